The van der Waals surface area contributed by atoms with Crippen molar-refractivity contribution in [3.63, 3.8) is 0 Å². The van der Waals surface area contributed by atoms with Crippen molar-refractivity contribution in [1.29, 1.82) is 0 Å². The number of benzene rings is 1. The van der Waals surface area contributed by atoms with Gasteiger partial charge in [0.05, 0.1) is 25.7 Å². The van der Waals surface area contributed by atoms with Crippen molar-refractivity contribution in [2.45, 2.75) is 31.8 Å². The van der Waals surface area contributed by atoms with Crippen LogP contribution in [0.2, 0.25) is 0 Å². The first kappa shape index (κ1) is 15.4. The van der Waals surface area contributed by atoms with Crippen LogP contribution in [-0.4, -0.2) is 31.5 Å². The Morgan fingerprint density at radius 1 is 1.10 bits per heavy atom. The topological polar surface area (TPSA) is 43.1 Å². The van der Waals surface area contributed by atoms with Gasteiger partial charge in [-0.1, -0.05) is 6.07 Å². The van der Waals surface area contributed by atoms with E-state index < -0.39 is 6.10 Å². The van der Waals surface area contributed by atoms with Crippen molar-refractivity contribution in [3.8, 4) is 11.5 Å². The maximum atomic E-state index is 10.3. The summed E-state index contributed by atoms with van der Waals surface area (Å²) < 4.78 is 10.6. The van der Waals surface area contributed by atoms with Crippen LogP contribution in [-0.2, 0) is 0 Å². The second-order valence-electron chi connectivity index (χ2n) is 5.48. The molecule has 1 aromatic carbocycles. The number of hydrogen-bond donors (Lipinski definition) is 2. The van der Waals surface area contributed by atoms with E-state index in [-0.39, 0.29) is 19.2 Å². The van der Waals surface area contributed by atoms with Crippen molar-refractivity contribution in [2.24, 2.45) is 0 Å². The lowest BCUT2D eigenvalue weighted by Gasteiger charge is -2.24. The molecule has 1 aromatic rings. The van der Waals surface area contributed by atoms with E-state index in [1.807, 2.05) is 18.2 Å². The Balaban J connectivity index is 0.00000147. The number of nitrogens with one attached hydrogen (secondary N) is 1. The summed E-state index contributed by atoms with van der Waals surface area (Å²) in [4.78, 5) is 1.63. The highest BCUT2D eigenvalue weighted by molar-refractivity contribution is 5.45. The van der Waals surface area contributed by atoms with Gasteiger partial charge < -0.3 is 31.9 Å². The van der Waals surface area contributed by atoms with Gasteiger partial charge in [-0.25, -0.2) is 0 Å². The average molecular weight is 300 g/mol. The van der Waals surface area contributed by atoms with Gasteiger partial charge in [0.15, 0.2) is 11.5 Å². The molecule has 20 heavy (non-hydrogen) atoms. The summed E-state index contributed by atoms with van der Waals surface area (Å²) in [5.41, 5.74) is 0.931. The van der Waals surface area contributed by atoms with E-state index in [1.54, 1.807) is 4.90 Å². The molecule has 0 aromatic heterocycles. The molecule has 2 aliphatic heterocycles. The van der Waals surface area contributed by atoms with Gasteiger partial charge in [-0.15, -0.1) is 0 Å². The summed E-state index contributed by atoms with van der Waals surface area (Å²) in [5.74, 6) is 1.53. The Labute approximate surface area is 126 Å². The number of aliphatic hydroxyl groups excluding tert-OH is 1. The number of likely N-dealkylation sites (tertiary alicyclic amines) is 1. The standard InChI is InChI=1S/C15H21NO3.ClH/c17-13(6-9-16-7-2-1-3-8-16)12-4-5-14-15(10-12)19-11-18-14;/h4-5,10,13,17H,1-3,6-9,11H2;1H. The Bertz CT molecular complexity index is 435. The molecule has 0 bridgehead atoms. The first-order valence-corrected chi connectivity index (χ1v) is 7.24. The van der Waals surface area contributed by atoms with E-state index >= 15 is 0 Å². The minimum absolute atomic E-state index is 0. The van der Waals surface area contributed by atoms with Gasteiger partial charge in [0.2, 0.25) is 6.79 Å². The van der Waals surface area contributed by atoms with Crippen molar-refractivity contribution in [3.05, 3.63) is 23.8 Å². The van der Waals surface area contributed by atoms with Crippen LogP contribution in [0.1, 0.15) is 37.4 Å². The van der Waals surface area contributed by atoms with Crippen LogP contribution in [0.4, 0.5) is 0 Å². The lowest BCUT2D eigenvalue weighted by Crippen LogP contribution is -3.12. The van der Waals surface area contributed by atoms with Gasteiger partial charge in [0.1, 0.15) is 0 Å². The summed E-state index contributed by atoms with van der Waals surface area (Å²) in [7, 11) is 0. The molecule has 2 aliphatic rings. The van der Waals surface area contributed by atoms with Gasteiger partial charge in [-0.05, 0) is 37.0 Å². The molecule has 0 saturated carbocycles. The molecular weight excluding hydrogens is 278 g/mol. The van der Waals surface area contributed by atoms with Crippen molar-refractivity contribution in [2.75, 3.05) is 26.4 Å². The van der Waals surface area contributed by atoms with E-state index in [0.717, 1.165) is 30.0 Å². The van der Waals surface area contributed by atoms with E-state index in [2.05, 4.69) is 0 Å². The van der Waals surface area contributed by atoms with Crippen molar-refractivity contribution >= 4 is 0 Å². The summed E-state index contributed by atoms with van der Waals surface area (Å²) in [6, 6.07) is 5.72. The van der Waals surface area contributed by atoms with E-state index in [9.17, 15) is 5.11 Å². The van der Waals surface area contributed by atoms with E-state index in [1.165, 1.54) is 32.4 Å². The van der Waals surface area contributed by atoms with E-state index in [0.29, 0.717) is 0 Å². The van der Waals surface area contributed by atoms with Crippen LogP contribution in [0.3, 0.4) is 0 Å². The van der Waals surface area contributed by atoms with Gasteiger partial charge >= 0.3 is 0 Å². The Morgan fingerprint density at radius 2 is 1.85 bits per heavy atom. The number of quaternary nitrogens is 1. The predicted molar refractivity (Wildman–Crippen MR) is 71.6 cm³/mol. The first-order chi connectivity index (χ1) is 9.33. The van der Waals surface area contributed by atoms with Gasteiger partial charge in [0, 0.05) is 6.42 Å². The molecule has 1 atom stereocenters. The third-order valence-corrected chi connectivity index (χ3v) is 4.11. The average Bonchev–Trinajstić information content (AvgIpc) is 2.93. The SMILES string of the molecule is OC(CC[NH+]1CCCCC1)c1ccc2c(c1)OCO2.[Cl-]. The Morgan fingerprint density at radius 3 is 2.65 bits per heavy atom. The molecule has 1 unspecified atom stereocenters. The van der Waals surface area contributed by atoms with Crippen LogP contribution >= 0.6 is 0 Å². The molecular formula is C15H22ClNO3. The van der Waals surface area contributed by atoms with E-state index in [4.69, 9.17) is 9.47 Å². The summed E-state index contributed by atoms with van der Waals surface area (Å²) >= 11 is 0. The zero-order valence-electron chi connectivity index (χ0n) is 11.6. The molecule has 2 heterocycles. The zero-order valence-corrected chi connectivity index (χ0v) is 12.4. The number of aliphatic hydroxyl groups is 1. The highest BCUT2D eigenvalue weighted by Gasteiger charge is 2.19. The largest absolute Gasteiger partial charge is 1.00 e. The zero-order chi connectivity index (χ0) is 13.1. The molecule has 0 aliphatic carbocycles. The third kappa shape index (κ3) is 3.57. The molecule has 0 radical (unpaired) electrons. The fraction of sp³-hybridized carbons (Fsp3) is 0.600. The third-order valence-electron chi connectivity index (χ3n) is 4.11. The van der Waals surface area contributed by atoms with Gasteiger partial charge in [-0.2, -0.15) is 0 Å². The number of piperidine rings is 1. The predicted octanol–water partition coefficient (Wildman–Crippen LogP) is -2.09. The normalized spacial score (nSPS) is 19.4. The van der Waals surface area contributed by atoms with Crippen LogP contribution in [0, 0.1) is 0 Å². The fourth-order valence-electron chi connectivity index (χ4n) is 2.93. The quantitative estimate of drug-likeness (QED) is 0.670. The van der Waals surface area contributed by atoms with Gasteiger partial charge in [0.25, 0.3) is 0 Å². The number of hydrogen-bond acceptors (Lipinski definition) is 3. The van der Waals surface area contributed by atoms with Crippen LogP contribution < -0.4 is 26.8 Å². The van der Waals surface area contributed by atoms with Crippen molar-refractivity contribution in [1.82, 2.24) is 0 Å². The number of halogens is 1. The van der Waals surface area contributed by atoms with Crippen molar-refractivity contribution < 1.29 is 31.9 Å². The Kier molecular flexibility index (Phi) is 5.52. The van der Waals surface area contributed by atoms with Crippen LogP contribution in [0.5, 0.6) is 11.5 Å². The maximum absolute atomic E-state index is 10.3. The minimum Gasteiger partial charge on any atom is -1.00 e. The highest BCUT2D eigenvalue weighted by atomic mass is 35.5. The molecule has 4 nitrogen and oxygen atoms in total. The van der Waals surface area contributed by atoms with Crippen LogP contribution in [0.25, 0.3) is 0 Å². The molecule has 5 heteroatoms. The van der Waals surface area contributed by atoms with Crippen LogP contribution in [0.15, 0.2) is 18.2 Å². The number of fused-ring (bicyclic) bond motifs is 1. The fourth-order valence-corrected chi connectivity index (χ4v) is 2.93. The number of ether oxygens (including phenoxy) is 2. The maximum Gasteiger partial charge on any atom is 0.231 e. The summed E-state index contributed by atoms with van der Waals surface area (Å²) in [6.07, 6.45) is 4.44. The molecule has 112 valence electrons. The molecule has 0 amide bonds. The molecule has 1 saturated heterocycles. The summed E-state index contributed by atoms with van der Waals surface area (Å²) in [5, 5.41) is 10.3. The monoisotopic (exact) mass is 299 g/mol. The lowest BCUT2D eigenvalue weighted by molar-refractivity contribution is -0.905. The first-order valence-electron chi connectivity index (χ1n) is 7.24. The minimum atomic E-state index is -0.399. The molecule has 1 fully saturated rings. The van der Waals surface area contributed by atoms with Gasteiger partial charge in [-0.3, -0.25) is 0 Å². The second-order valence-corrected chi connectivity index (χ2v) is 5.48. The lowest BCUT2D eigenvalue weighted by atomic mass is 10.0. The smallest absolute Gasteiger partial charge is 0.231 e. The molecule has 0 spiro atoms. The summed E-state index contributed by atoms with van der Waals surface area (Å²) in [6.45, 7) is 3.85. The second kappa shape index (κ2) is 7.16. The Hall–Kier alpha value is -0.970. The highest BCUT2D eigenvalue weighted by Crippen LogP contribution is 2.34. The number of rotatable bonds is 4. The molecule has 2 N–H and O–H groups in total. The molecule has 3 rings (SSSR count).